The van der Waals surface area contributed by atoms with Gasteiger partial charge in [0.1, 0.15) is 0 Å². The summed E-state index contributed by atoms with van der Waals surface area (Å²) < 4.78 is 0. The van der Waals surface area contributed by atoms with E-state index in [0.717, 1.165) is 16.9 Å². The third kappa shape index (κ3) is 4.38. The molecule has 0 saturated carbocycles. The van der Waals surface area contributed by atoms with Crippen LogP contribution in [0.4, 0.5) is 11.4 Å². The average molecular weight is 324 g/mol. The molecule has 24 heavy (non-hydrogen) atoms. The predicted molar refractivity (Wildman–Crippen MR) is 103 cm³/mol. The van der Waals surface area contributed by atoms with Crippen molar-refractivity contribution in [1.29, 1.82) is 0 Å². The first-order valence-electron chi connectivity index (χ1n) is 8.53. The molecule has 0 spiro atoms. The summed E-state index contributed by atoms with van der Waals surface area (Å²) in [6.07, 6.45) is 0. The molecule has 0 unspecified atom stereocenters. The fraction of sp³-hybridized carbons (Fsp3) is 0.381. The number of nitrogens with zero attached hydrogens (tertiary/aromatic N) is 1. The van der Waals surface area contributed by atoms with Gasteiger partial charge < -0.3 is 10.2 Å². The Hall–Kier alpha value is -2.29. The molecule has 0 radical (unpaired) electrons. The van der Waals surface area contributed by atoms with Crippen molar-refractivity contribution < 1.29 is 4.79 Å². The molecule has 0 atom stereocenters. The quantitative estimate of drug-likeness (QED) is 0.860. The number of para-hydroxylation sites is 1. The Morgan fingerprint density at radius 1 is 1.08 bits per heavy atom. The Labute approximate surface area is 145 Å². The number of hydrogen-bond acceptors (Lipinski definition) is 2. The monoisotopic (exact) mass is 324 g/mol. The molecule has 2 aromatic rings. The van der Waals surface area contributed by atoms with E-state index < -0.39 is 0 Å². The summed E-state index contributed by atoms with van der Waals surface area (Å²) in [4.78, 5) is 14.5. The first-order chi connectivity index (χ1) is 11.3. The zero-order valence-corrected chi connectivity index (χ0v) is 15.4. The maximum Gasteiger partial charge on any atom is 0.246 e. The van der Waals surface area contributed by atoms with Crippen LogP contribution in [-0.2, 0) is 10.2 Å². The Kier molecular flexibility index (Phi) is 5.66. The van der Waals surface area contributed by atoms with Crippen LogP contribution in [-0.4, -0.2) is 19.0 Å². The summed E-state index contributed by atoms with van der Waals surface area (Å²) in [5.74, 6) is 0.0758. The van der Waals surface area contributed by atoms with Gasteiger partial charge >= 0.3 is 0 Å². The zero-order valence-electron chi connectivity index (χ0n) is 15.4. The number of anilines is 2. The van der Waals surface area contributed by atoms with Gasteiger partial charge in [0, 0.05) is 17.9 Å². The van der Waals surface area contributed by atoms with Crippen molar-refractivity contribution in [3.8, 4) is 0 Å². The lowest BCUT2D eigenvalue weighted by Crippen LogP contribution is -2.35. The van der Waals surface area contributed by atoms with Gasteiger partial charge in [0.2, 0.25) is 5.91 Å². The molecule has 1 amide bonds. The van der Waals surface area contributed by atoms with Gasteiger partial charge in [-0.1, -0.05) is 51.1 Å². The van der Waals surface area contributed by atoms with Crippen LogP contribution in [0.15, 0.2) is 48.5 Å². The SMILES string of the molecule is CCN(C(=O)CNc1ccccc1C(C)(C)C)c1cccc(C)c1. The van der Waals surface area contributed by atoms with E-state index in [1.54, 1.807) is 0 Å². The molecule has 0 aliphatic rings. The number of aryl methyl sites for hydroxylation is 1. The van der Waals surface area contributed by atoms with E-state index >= 15 is 0 Å². The summed E-state index contributed by atoms with van der Waals surface area (Å²) in [7, 11) is 0. The van der Waals surface area contributed by atoms with Crippen LogP contribution < -0.4 is 10.2 Å². The molecule has 0 fully saturated rings. The van der Waals surface area contributed by atoms with Gasteiger partial charge in [0.15, 0.2) is 0 Å². The standard InChI is InChI=1S/C21H28N2O/c1-6-23(17-11-9-10-16(2)14-17)20(24)15-22-19-13-8-7-12-18(19)21(3,4)5/h7-14,22H,6,15H2,1-5H3. The number of carbonyl (C=O) groups is 1. The third-order valence-corrected chi connectivity index (χ3v) is 4.10. The predicted octanol–water partition coefficient (Wildman–Crippen LogP) is 4.76. The van der Waals surface area contributed by atoms with Gasteiger partial charge in [-0.2, -0.15) is 0 Å². The fourth-order valence-electron chi connectivity index (χ4n) is 2.86. The van der Waals surface area contributed by atoms with Gasteiger partial charge in [0.05, 0.1) is 6.54 Å². The molecule has 2 aromatic carbocycles. The highest BCUT2D eigenvalue weighted by molar-refractivity contribution is 5.96. The van der Waals surface area contributed by atoms with Crippen molar-refractivity contribution in [2.24, 2.45) is 0 Å². The van der Waals surface area contributed by atoms with Crippen molar-refractivity contribution >= 4 is 17.3 Å². The highest BCUT2D eigenvalue weighted by atomic mass is 16.2. The summed E-state index contributed by atoms with van der Waals surface area (Å²) >= 11 is 0. The number of amides is 1. The summed E-state index contributed by atoms with van der Waals surface area (Å²) in [6, 6.07) is 16.3. The second-order valence-electron chi connectivity index (χ2n) is 7.13. The average Bonchev–Trinajstić information content (AvgIpc) is 2.53. The van der Waals surface area contributed by atoms with Gasteiger partial charge in [0.25, 0.3) is 0 Å². The van der Waals surface area contributed by atoms with Gasteiger partial charge in [-0.15, -0.1) is 0 Å². The Morgan fingerprint density at radius 2 is 1.79 bits per heavy atom. The Morgan fingerprint density at radius 3 is 2.42 bits per heavy atom. The van der Waals surface area contributed by atoms with Crippen molar-refractivity contribution in [3.05, 3.63) is 59.7 Å². The fourth-order valence-corrected chi connectivity index (χ4v) is 2.86. The van der Waals surface area contributed by atoms with Crippen molar-refractivity contribution in [1.82, 2.24) is 0 Å². The number of nitrogens with one attached hydrogen (secondary N) is 1. The largest absolute Gasteiger partial charge is 0.376 e. The molecule has 2 rings (SSSR count). The summed E-state index contributed by atoms with van der Waals surface area (Å²) in [6.45, 7) is 11.5. The number of hydrogen-bond donors (Lipinski definition) is 1. The number of carbonyl (C=O) groups excluding carboxylic acids is 1. The Bertz CT molecular complexity index is 701. The van der Waals surface area contributed by atoms with Gasteiger partial charge in [-0.25, -0.2) is 0 Å². The topological polar surface area (TPSA) is 32.3 Å². The van der Waals surface area contributed by atoms with E-state index in [9.17, 15) is 4.79 Å². The molecular weight excluding hydrogens is 296 g/mol. The van der Waals surface area contributed by atoms with Crippen LogP contribution in [0, 0.1) is 6.92 Å². The molecule has 0 aliphatic carbocycles. The van der Waals surface area contributed by atoms with Gasteiger partial charge in [-0.05, 0) is 48.6 Å². The van der Waals surface area contributed by atoms with E-state index in [2.05, 4.69) is 32.2 Å². The lowest BCUT2D eigenvalue weighted by Gasteiger charge is -2.25. The van der Waals surface area contributed by atoms with E-state index in [1.807, 2.05) is 61.2 Å². The van der Waals surface area contributed by atoms with Crippen LogP contribution >= 0.6 is 0 Å². The van der Waals surface area contributed by atoms with Crippen LogP contribution in [0.2, 0.25) is 0 Å². The van der Waals surface area contributed by atoms with E-state index in [0.29, 0.717) is 6.54 Å². The molecule has 0 saturated heterocycles. The lowest BCUT2D eigenvalue weighted by atomic mass is 9.86. The summed E-state index contributed by atoms with van der Waals surface area (Å²) in [5.41, 5.74) is 4.39. The molecular formula is C21H28N2O. The number of rotatable bonds is 5. The molecule has 0 heterocycles. The summed E-state index contributed by atoms with van der Waals surface area (Å²) in [5, 5.41) is 3.33. The van der Waals surface area contributed by atoms with E-state index in [-0.39, 0.29) is 17.9 Å². The van der Waals surface area contributed by atoms with E-state index in [1.165, 1.54) is 5.56 Å². The van der Waals surface area contributed by atoms with Crippen LogP contribution in [0.1, 0.15) is 38.8 Å². The minimum atomic E-state index is 0.0353. The third-order valence-electron chi connectivity index (χ3n) is 4.10. The molecule has 0 bridgehead atoms. The molecule has 3 heteroatoms. The molecule has 0 aliphatic heterocycles. The first kappa shape index (κ1) is 18.1. The molecule has 3 nitrogen and oxygen atoms in total. The molecule has 1 N–H and O–H groups in total. The second kappa shape index (κ2) is 7.52. The maximum atomic E-state index is 12.7. The lowest BCUT2D eigenvalue weighted by molar-refractivity contribution is -0.116. The number of likely N-dealkylation sites (N-methyl/N-ethyl adjacent to an activating group) is 1. The van der Waals surface area contributed by atoms with Crippen molar-refractivity contribution in [2.45, 2.75) is 40.0 Å². The first-order valence-corrected chi connectivity index (χ1v) is 8.53. The van der Waals surface area contributed by atoms with Crippen LogP contribution in [0.5, 0.6) is 0 Å². The van der Waals surface area contributed by atoms with Crippen molar-refractivity contribution in [2.75, 3.05) is 23.3 Å². The van der Waals surface area contributed by atoms with Gasteiger partial charge in [-0.3, -0.25) is 4.79 Å². The van der Waals surface area contributed by atoms with Crippen LogP contribution in [0.3, 0.4) is 0 Å². The molecule has 0 aromatic heterocycles. The smallest absolute Gasteiger partial charge is 0.246 e. The molecule has 128 valence electrons. The second-order valence-corrected chi connectivity index (χ2v) is 7.13. The highest BCUT2D eigenvalue weighted by Crippen LogP contribution is 2.29. The highest BCUT2D eigenvalue weighted by Gasteiger charge is 2.19. The van der Waals surface area contributed by atoms with E-state index in [4.69, 9.17) is 0 Å². The number of benzene rings is 2. The normalized spacial score (nSPS) is 11.2. The van der Waals surface area contributed by atoms with Crippen molar-refractivity contribution in [3.63, 3.8) is 0 Å². The Balaban J connectivity index is 2.13. The van der Waals surface area contributed by atoms with Crippen LogP contribution in [0.25, 0.3) is 0 Å². The minimum Gasteiger partial charge on any atom is -0.376 e. The minimum absolute atomic E-state index is 0.0353. The zero-order chi connectivity index (χ0) is 17.7. The maximum absolute atomic E-state index is 12.7.